The summed E-state index contributed by atoms with van der Waals surface area (Å²) in [6.07, 6.45) is -4.82. The Hall–Kier alpha value is -9.43. The van der Waals surface area contributed by atoms with Crippen molar-refractivity contribution in [1.82, 2.24) is 9.13 Å². The summed E-state index contributed by atoms with van der Waals surface area (Å²) in [5.41, 5.74) is 10.7. The van der Waals surface area contributed by atoms with Gasteiger partial charge in [-0.25, -0.2) is 9.69 Å². The topological polar surface area (TPSA) is 18.6 Å². The van der Waals surface area contributed by atoms with Crippen LogP contribution >= 0.6 is 0 Å². The van der Waals surface area contributed by atoms with E-state index >= 15 is 13.2 Å². The van der Waals surface area contributed by atoms with Gasteiger partial charge in [-0.05, 0) is 105 Å². The van der Waals surface area contributed by atoms with E-state index in [0.29, 0.717) is 16.7 Å². The molecule has 0 fully saturated rings. The fourth-order valence-electron chi connectivity index (χ4n) is 10.2. The van der Waals surface area contributed by atoms with Crippen molar-refractivity contribution in [3.05, 3.63) is 253 Å². The van der Waals surface area contributed by atoms with Gasteiger partial charge in [0, 0.05) is 27.1 Å². The number of hydrogen-bond donors (Lipinski definition) is 0. The average Bonchev–Trinajstić information content (AvgIpc) is 3.91. The summed E-state index contributed by atoms with van der Waals surface area (Å²) < 4.78 is 50.2. The summed E-state index contributed by atoms with van der Waals surface area (Å²) in [5, 5.41) is 3.61. The Balaban J connectivity index is 1.22. The average molecular weight is 907 g/mol. The third-order valence-corrected chi connectivity index (χ3v) is 13.4. The molecule has 0 radical (unpaired) electrons. The van der Waals surface area contributed by atoms with Crippen LogP contribution in [0, 0.1) is 13.1 Å². The number of rotatable bonds is 7. The van der Waals surface area contributed by atoms with E-state index < -0.39 is 11.7 Å². The van der Waals surface area contributed by atoms with Crippen molar-refractivity contribution in [3.63, 3.8) is 0 Å². The minimum Gasteiger partial charge on any atom is -0.319 e. The molecule has 0 bridgehead atoms. The molecule has 0 atom stereocenters. The summed E-state index contributed by atoms with van der Waals surface area (Å²) >= 11 is 0. The maximum Gasteiger partial charge on any atom is 0.415 e. The molecule has 2 heterocycles. The van der Waals surface area contributed by atoms with Crippen LogP contribution in [0.25, 0.3) is 120 Å². The van der Waals surface area contributed by atoms with Gasteiger partial charge >= 0.3 is 6.18 Å². The zero-order chi connectivity index (χ0) is 47.5. The zero-order valence-electron chi connectivity index (χ0n) is 37.3. The van der Waals surface area contributed by atoms with E-state index in [4.69, 9.17) is 6.57 Å². The molecule has 10 aromatic carbocycles. The molecule has 0 unspecified atom stereocenters. The molecule has 0 saturated carbocycles. The van der Waals surface area contributed by atoms with Gasteiger partial charge in [0.25, 0.3) is 0 Å². The number of halogens is 3. The standard InChI is InChI=1S/C63H37F3N4/c1-67-54-25-15-24-53(63(64,65)66)60(54)48-30-35-59(69-55-31-26-44(40-16-7-3-8-17-40)36-49(55)50-37-45(27-32-56(50)69)41-18-9-4-10-19-41)61(68-2)62(48)70-57-33-28-46(42-20-11-5-12-21-42)38-51(57)52-39-47(29-34-58(52)70)43-22-13-6-14-23-43/h3-39H. The predicted octanol–water partition coefficient (Wildman–Crippen LogP) is 18.3. The second kappa shape index (κ2) is 16.7. The highest BCUT2D eigenvalue weighted by atomic mass is 19.4. The lowest BCUT2D eigenvalue weighted by molar-refractivity contribution is -0.137. The predicted molar refractivity (Wildman–Crippen MR) is 280 cm³/mol. The van der Waals surface area contributed by atoms with Crippen LogP contribution in [-0.4, -0.2) is 9.13 Å². The second-order valence-corrected chi connectivity index (χ2v) is 17.3. The van der Waals surface area contributed by atoms with E-state index in [-0.39, 0.29) is 28.2 Å². The van der Waals surface area contributed by atoms with Crippen molar-refractivity contribution in [2.24, 2.45) is 0 Å². The first-order chi connectivity index (χ1) is 34.3. The first-order valence-corrected chi connectivity index (χ1v) is 22.8. The highest BCUT2D eigenvalue weighted by molar-refractivity contribution is 6.15. The summed E-state index contributed by atoms with van der Waals surface area (Å²) in [4.78, 5) is 8.05. The summed E-state index contributed by atoms with van der Waals surface area (Å²) in [5.74, 6) is 0. The summed E-state index contributed by atoms with van der Waals surface area (Å²) in [6.45, 7) is 17.4. The molecular weight excluding hydrogens is 870 g/mol. The van der Waals surface area contributed by atoms with E-state index in [2.05, 4.69) is 87.1 Å². The molecule has 12 rings (SSSR count). The van der Waals surface area contributed by atoms with Crippen LogP contribution in [0.5, 0.6) is 0 Å². The number of benzene rings is 10. The molecule has 330 valence electrons. The molecule has 0 N–H and O–H groups in total. The highest BCUT2D eigenvalue weighted by Gasteiger charge is 2.36. The summed E-state index contributed by atoms with van der Waals surface area (Å²) in [6, 6.07) is 72.4. The lowest BCUT2D eigenvalue weighted by Gasteiger charge is -2.23. The maximum atomic E-state index is 15.4. The number of aromatic nitrogens is 2. The molecule has 0 amide bonds. The smallest absolute Gasteiger partial charge is 0.319 e. The molecular formula is C63H37F3N4. The van der Waals surface area contributed by atoms with Crippen LogP contribution in [-0.2, 0) is 6.18 Å². The number of nitrogens with zero attached hydrogens (tertiary/aromatic N) is 4. The van der Waals surface area contributed by atoms with Gasteiger partial charge in [-0.2, -0.15) is 13.2 Å². The SMILES string of the molecule is [C-]#[N+]c1cccc(C(F)(F)F)c1-c1ccc(-n2c3ccc(-c4ccccc4)cc3c3cc(-c4ccccc4)ccc32)c([N+]#[C-])c1-n1c2ccc(-c3ccccc3)cc2c2cc(-c3ccccc3)ccc21. The largest absolute Gasteiger partial charge is 0.415 e. The third kappa shape index (κ3) is 6.91. The maximum absolute atomic E-state index is 15.4. The molecule has 12 aromatic rings. The van der Waals surface area contributed by atoms with E-state index in [0.717, 1.165) is 83.2 Å². The first-order valence-electron chi connectivity index (χ1n) is 22.8. The van der Waals surface area contributed by atoms with Gasteiger partial charge in [-0.1, -0.05) is 170 Å². The third-order valence-electron chi connectivity index (χ3n) is 13.4. The molecule has 0 aliphatic carbocycles. The van der Waals surface area contributed by atoms with E-state index in [1.165, 1.54) is 12.1 Å². The minimum atomic E-state index is -4.82. The van der Waals surface area contributed by atoms with Crippen molar-refractivity contribution >= 4 is 55.0 Å². The van der Waals surface area contributed by atoms with Crippen molar-refractivity contribution in [1.29, 1.82) is 0 Å². The summed E-state index contributed by atoms with van der Waals surface area (Å²) in [7, 11) is 0. The van der Waals surface area contributed by atoms with E-state index in [9.17, 15) is 6.57 Å². The molecule has 0 saturated heterocycles. The van der Waals surface area contributed by atoms with Crippen LogP contribution in [0.15, 0.2) is 224 Å². The quantitative estimate of drug-likeness (QED) is 0.142. The molecule has 2 aromatic heterocycles. The van der Waals surface area contributed by atoms with Gasteiger partial charge in [-0.15, -0.1) is 0 Å². The molecule has 4 nitrogen and oxygen atoms in total. The molecule has 0 aliphatic rings. The monoisotopic (exact) mass is 906 g/mol. The Labute approximate surface area is 401 Å². The van der Waals surface area contributed by atoms with Gasteiger partial charge in [0.2, 0.25) is 5.69 Å². The van der Waals surface area contributed by atoms with Crippen molar-refractivity contribution in [2.45, 2.75) is 6.18 Å². The van der Waals surface area contributed by atoms with Gasteiger partial charge in [0.1, 0.15) is 0 Å². The normalized spacial score (nSPS) is 11.6. The Morgan fingerprint density at radius 2 is 0.743 bits per heavy atom. The van der Waals surface area contributed by atoms with E-state index in [1.54, 1.807) is 12.1 Å². The lowest BCUT2D eigenvalue weighted by Crippen LogP contribution is -2.09. The van der Waals surface area contributed by atoms with Gasteiger partial charge in [0.05, 0.1) is 52.1 Å². The number of alkyl halides is 3. The fourth-order valence-corrected chi connectivity index (χ4v) is 10.2. The van der Waals surface area contributed by atoms with Crippen LogP contribution in [0.1, 0.15) is 5.56 Å². The molecule has 0 aliphatic heterocycles. The van der Waals surface area contributed by atoms with E-state index in [1.807, 2.05) is 126 Å². The van der Waals surface area contributed by atoms with Crippen LogP contribution < -0.4 is 0 Å². The van der Waals surface area contributed by atoms with Crippen LogP contribution in [0.3, 0.4) is 0 Å². The van der Waals surface area contributed by atoms with Crippen LogP contribution in [0.4, 0.5) is 24.5 Å². The first kappa shape index (κ1) is 42.0. The fraction of sp³-hybridized carbons (Fsp3) is 0.0159. The Kier molecular flexibility index (Phi) is 10.0. The number of hydrogen-bond acceptors (Lipinski definition) is 0. The van der Waals surface area contributed by atoms with Gasteiger partial charge < -0.3 is 9.13 Å². The van der Waals surface area contributed by atoms with Crippen LogP contribution in [0.2, 0.25) is 0 Å². The van der Waals surface area contributed by atoms with Crippen molar-refractivity contribution < 1.29 is 13.2 Å². The highest BCUT2D eigenvalue weighted by Crippen LogP contribution is 2.51. The second-order valence-electron chi connectivity index (χ2n) is 17.3. The Bertz CT molecular complexity index is 3910. The molecule has 0 spiro atoms. The van der Waals surface area contributed by atoms with Crippen molar-refractivity contribution in [3.8, 4) is 67.0 Å². The molecule has 7 heteroatoms. The Morgan fingerprint density at radius 1 is 0.357 bits per heavy atom. The lowest BCUT2D eigenvalue weighted by atomic mass is 9.94. The molecule has 70 heavy (non-hydrogen) atoms. The number of fused-ring (bicyclic) bond motifs is 6. The van der Waals surface area contributed by atoms with Gasteiger partial charge in [-0.3, -0.25) is 0 Å². The van der Waals surface area contributed by atoms with Gasteiger partial charge in [0.15, 0.2) is 5.69 Å². The Morgan fingerprint density at radius 3 is 1.10 bits per heavy atom. The van der Waals surface area contributed by atoms with Crippen molar-refractivity contribution in [2.75, 3.05) is 0 Å². The zero-order valence-corrected chi connectivity index (χ0v) is 37.3. The minimum absolute atomic E-state index is 0.116.